The first-order chi connectivity index (χ1) is 8.93. The lowest BCUT2D eigenvalue weighted by Gasteiger charge is -2.30. The van der Waals surface area contributed by atoms with Gasteiger partial charge in [0.15, 0.2) is 0 Å². The van der Waals surface area contributed by atoms with Crippen molar-refractivity contribution in [2.24, 2.45) is 0 Å². The van der Waals surface area contributed by atoms with Crippen LogP contribution in [0, 0.1) is 0 Å². The van der Waals surface area contributed by atoms with E-state index in [4.69, 9.17) is 11.6 Å². The Hall–Kier alpha value is -0.870. The van der Waals surface area contributed by atoms with Gasteiger partial charge in [0.05, 0.1) is 0 Å². The average Bonchev–Trinajstić information content (AvgIpc) is 2.32. The first-order valence-corrected chi connectivity index (χ1v) is 7.34. The second kappa shape index (κ2) is 7.65. The van der Waals surface area contributed by atoms with Gasteiger partial charge in [-0.3, -0.25) is 4.90 Å². The Morgan fingerprint density at radius 2 is 1.84 bits per heavy atom. The Morgan fingerprint density at radius 3 is 2.37 bits per heavy atom. The van der Waals surface area contributed by atoms with Gasteiger partial charge in [-0.2, -0.15) is 0 Å². The van der Waals surface area contributed by atoms with E-state index in [-0.39, 0.29) is 0 Å². The summed E-state index contributed by atoms with van der Waals surface area (Å²) >= 11 is 5.97. The maximum atomic E-state index is 5.97. The fourth-order valence-electron chi connectivity index (χ4n) is 2.14. The third-order valence-electron chi connectivity index (χ3n) is 3.06. The standard InChI is InChI=1S/C14H25ClN4/c1-6-13-17-12(15)9-14(18-13)16-7-8-19(10(2)3)11(4)5/h9-11H,6-8H2,1-5H3,(H,16,17,18). The van der Waals surface area contributed by atoms with Crippen molar-refractivity contribution in [1.29, 1.82) is 0 Å². The number of rotatable bonds is 7. The number of halogens is 1. The van der Waals surface area contributed by atoms with E-state index in [0.29, 0.717) is 17.2 Å². The quantitative estimate of drug-likeness (QED) is 0.781. The molecule has 0 saturated heterocycles. The molecular formula is C14H25ClN4. The summed E-state index contributed by atoms with van der Waals surface area (Å²) in [5, 5.41) is 3.82. The lowest BCUT2D eigenvalue weighted by Crippen LogP contribution is -2.40. The van der Waals surface area contributed by atoms with Crippen molar-refractivity contribution in [2.45, 2.75) is 53.1 Å². The molecule has 5 heteroatoms. The second-order valence-electron chi connectivity index (χ2n) is 5.20. The lowest BCUT2D eigenvalue weighted by atomic mass is 10.2. The van der Waals surface area contributed by atoms with Crippen molar-refractivity contribution in [1.82, 2.24) is 14.9 Å². The number of hydrogen-bond donors (Lipinski definition) is 1. The van der Waals surface area contributed by atoms with Crippen LogP contribution < -0.4 is 5.32 Å². The molecule has 1 aromatic heterocycles. The Kier molecular flexibility index (Phi) is 6.52. The van der Waals surface area contributed by atoms with Gasteiger partial charge < -0.3 is 5.32 Å². The third-order valence-corrected chi connectivity index (χ3v) is 3.25. The molecule has 0 spiro atoms. The monoisotopic (exact) mass is 284 g/mol. The molecule has 1 rings (SSSR count). The number of nitrogens with zero attached hydrogens (tertiary/aromatic N) is 3. The van der Waals surface area contributed by atoms with E-state index in [9.17, 15) is 0 Å². The summed E-state index contributed by atoms with van der Waals surface area (Å²) in [5.74, 6) is 1.59. The van der Waals surface area contributed by atoms with Gasteiger partial charge in [0.2, 0.25) is 0 Å². The van der Waals surface area contributed by atoms with Crippen LogP contribution >= 0.6 is 11.6 Å². The Morgan fingerprint density at radius 1 is 1.21 bits per heavy atom. The zero-order chi connectivity index (χ0) is 14.4. The van der Waals surface area contributed by atoms with E-state index in [1.165, 1.54) is 0 Å². The zero-order valence-electron chi connectivity index (χ0n) is 12.6. The minimum absolute atomic E-state index is 0.499. The normalized spacial score (nSPS) is 11.6. The Balaban J connectivity index is 2.55. The lowest BCUT2D eigenvalue weighted by molar-refractivity contribution is 0.182. The van der Waals surface area contributed by atoms with Crippen LogP contribution in [0.4, 0.5) is 5.82 Å². The highest BCUT2D eigenvalue weighted by molar-refractivity contribution is 6.29. The van der Waals surface area contributed by atoms with Crippen molar-refractivity contribution < 1.29 is 0 Å². The minimum atomic E-state index is 0.499. The number of hydrogen-bond acceptors (Lipinski definition) is 4. The summed E-state index contributed by atoms with van der Waals surface area (Å²) in [6.45, 7) is 12.7. The molecule has 1 N–H and O–H groups in total. The molecule has 0 saturated carbocycles. The van der Waals surface area contributed by atoms with E-state index >= 15 is 0 Å². The van der Waals surface area contributed by atoms with Gasteiger partial charge >= 0.3 is 0 Å². The van der Waals surface area contributed by atoms with E-state index in [0.717, 1.165) is 31.2 Å². The van der Waals surface area contributed by atoms with E-state index in [2.05, 4.69) is 47.9 Å². The molecule has 0 aliphatic rings. The highest BCUT2D eigenvalue weighted by atomic mass is 35.5. The summed E-state index contributed by atoms with van der Waals surface area (Å²) in [6, 6.07) is 2.86. The maximum absolute atomic E-state index is 5.97. The van der Waals surface area contributed by atoms with Gasteiger partial charge in [-0.1, -0.05) is 18.5 Å². The zero-order valence-corrected chi connectivity index (χ0v) is 13.3. The summed E-state index contributed by atoms with van der Waals surface area (Å²) < 4.78 is 0. The number of anilines is 1. The molecule has 0 atom stereocenters. The molecule has 0 fully saturated rings. The van der Waals surface area contributed by atoms with Gasteiger partial charge in [-0.15, -0.1) is 0 Å². The van der Waals surface area contributed by atoms with Crippen LogP contribution in [0.5, 0.6) is 0 Å². The van der Waals surface area contributed by atoms with Crippen molar-refractivity contribution >= 4 is 17.4 Å². The Bertz CT molecular complexity index is 385. The molecule has 0 aliphatic carbocycles. The molecule has 0 unspecified atom stereocenters. The van der Waals surface area contributed by atoms with Crippen LogP contribution in [0.3, 0.4) is 0 Å². The van der Waals surface area contributed by atoms with Crippen LogP contribution in [0.15, 0.2) is 6.07 Å². The van der Waals surface area contributed by atoms with Crippen molar-refractivity contribution in [3.05, 3.63) is 17.0 Å². The predicted octanol–water partition coefficient (Wildman–Crippen LogP) is 3.22. The second-order valence-corrected chi connectivity index (χ2v) is 5.59. The van der Waals surface area contributed by atoms with Gasteiger partial charge in [-0.25, -0.2) is 9.97 Å². The van der Waals surface area contributed by atoms with E-state index in [1.807, 2.05) is 6.92 Å². The van der Waals surface area contributed by atoms with Gasteiger partial charge in [0.1, 0.15) is 16.8 Å². The predicted molar refractivity (Wildman–Crippen MR) is 81.9 cm³/mol. The summed E-state index contributed by atoms with van der Waals surface area (Å²) in [4.78, 5) is 11.0. The number of aryl methyl sites for hydroxylation is 1. The fraction of sp³-hybridized carbons (Fsp3) is 0.714. The van der Waals surface area contributed by atoms with Gasteiger partial charge in [0.25, 0.3) is 0 Å². The largest absolute Gasteiger partial charge is 0.369 e. The van der Waals surface area contributed by atoms with Gasteiger partial charge in [0, 0.05) is 37.7 Å². The van der Waals surface area contributed by atoms with Crippen molar-refractivity contribution in [3.8, 4) is 0 Å². The number of nitrogens with one attached hydrogen (secondary N) is 1. The van der Waals surface area contributed by atoms with E-state index in [1.54, 1.807) is 6.07 Å². The molecule has 0 aromatic carbocycles. The summed E-state index contributed by atoms with van der Waals surface area (Å²) in [5.41, 5.74) is 0. The first kappa shape index (κ1) is 16.2. The van der Waals surface area contributed by atoms with Crippen LogP contribution in [0.25, 0.3) is 0 Å². The fourth-order valence-corrected chi connectivity index (χ4v) is 2.34. The van der Waals surface area contributed by atoms with Crippen LogP contribution in [-0.4, -0.2) is 40.0 Å². The molecule has 19 heavy (non-hydrogen) atoms. The van der Waals surface area contributed by atoms with Crippen LogP contribution in [0.1, 0.15) is 40.4 Å². The SMILES string of the molecule is CCc1nc(Cl)cc(NCCN(C(C)C)C(C)C)n1. The molecule has 1 aromatic rings. The summed E-state index contributed by atoms with van der Waals surface area (Å²) in [6.07, 6.45) is 0.791. The van der Waals surface area contributed by atoms with Crippen molar-refractivity contribution in [2.75, 3.05) is 18.4 Å². The average molecular weight is 285 g/mol. The van der Waals surface area contributed by atoms with E-state index < -0.39 is 0 Å². The maximum Gasteiger partial charge on any atom is 0.134 e. The molecule has 0 amide bonds. The smallest absolute Gasteiger partial charge is 0.134 e. The molecule has 0 bridgehead atoms. The van der Waals surface area contributed by atoms with Crippen LogP contribution in [0.2, 0.25) is 5.15 Å². The summed E-state index contributed by atoms with van der Waals surface area (Å²) in [7, 11) is 0. The number of aromatic nitrogens is 2. The first-order valence-electron chi connectivity index (χ1n) is 6.97. The molecule has 0 radical (unpaired) electrons. The molecule has 0 aliphatic heterocycles. The molecule has 4 nitrogen and oxygen atoms in total. The van der Waals surface area contributed by atoms with Crippen LogP contribution in [-0.2, 0) is 6.42 Å². The highest BCUT2D eigenvalue weighted by Gasteiger charge is 2.12. The van der Waals surface area contributed by atoms with Crippen molar-refractivity contribution in [3.63, 3.8) is 0 Å². The molecular weight excluding hydrogens is 260 g/mol. The molecule has 1 heterocycles. The molecule has 108 valence electrons. The minimum Gasteiger partial charge on any atom is -0.369 e. The topological polar surface area (TPSA) is 41.1 Å². The highest BCUT2D eigenvalue weighted by Crippen LogP contribution is 2.12. The Labute approximate surface area is 121 Å². The van der Waals surface area contributed by atoms with Gasteiger partial charge in [-0.05, 0) is 27.7 Å². The third kappa shape index (κ3) is 5.33.